The minimum Gasteiger partial charge on any atom is -0.310 e. The van der Waals surface area contributed by atoms with Gasteiger partial charge in [0.15, 0.2) is 0 Å². The van der Waals surface area contributed by atoms with Gasteiger partial charge in [-0.25, -0.2) is 0 Å². The van der Waals surface area contributed by atoms with E-state index in [0.29, 0.717) is 0 Å². The lowest BCUT2D eigenvalue weighted by molar-refractivity contribution is -0.124. The third-order valence-electron chi connectivity index (χ3n) is 2.80. The molecule has 1 heterocycles. The van der Waals surface area contributed by atoms with Crippen LogP contribution in [0, 0.1) is 0 Å². The van der Waals surface area contributed by atoms with Gasteiger partial charge in [-0.2, -0.15) is 0 Å². The van der Waals surface area contributed by atoms with Crippen LogP contribution in [0.2, 0.25) is 0 Å². The Kier molecular flexibility index (Phi) is 3.04. The summed E-state index contributed by atoms with van der Waals surface area (Å²) in [7, 11) is 0. The highest BCUT2D eigenvalue weighted by Gasteiger charge is 2.35. The number of amides is 1. The SMILES string of the molecule is CC1(C)NCCN(c2cccc(Br)c2)C1=O. The van der Waals surface area contributed by atoms with Crippen molar-refractivity contribution in [3.8, 4) is 0 Å². The first kappa shape index (κ1) is 11.6. The molecule has 0 unspecified atom stereocenters. The molecule has 1 aromatic carbocycles. The third kappa shape index (κ3) is 2.13. The predicted molar refractivity (Wildman–Crippen MR) is 68.6 cm³/mol. The molecule has 4 heteroatoms. The summed E-state index contributed by atoms with van der Waals surface area (Å²) in [6, 6.07) is 7.84. The minimum absolute atomic E-state index is 0.122. The van der Waals surface area contributed by atoms with E-state index >= 15 is 0 Å². The van der Waals surface area contributed by atoms with Gasteiger partial charge in [0.25, 0.3) is 0 Å². The van der Waals surface area contributed by atoms with Crippen molar-refractivity contribution in [3.05, 3.63) is 28.7 Å². The number of nitrogens with zero attached hydrogens (tertiary/aromatic N) is 1. The van der Waals surface area contributed by atoms with Gasteiger partial charge < -0.3 is 10.2 Å². The van der Waals surface area contributed by atoms with E-state index in [-0.39, 0.29) is 5.91 Å². The predicted octanol–water partition coefficient (Wildman–Crippen LogP) is 2.16. The zero-order chi connectivity index (χ0) is 11.8. The van der Waals surface area contributed by atoms with Crippen LogP contribution in [0.1, 0.15) is 13.8 Å². The molecule has 1 fully saturated rings. The Morgan fingerprint density at radius 1 is 1.44 bits per heavy atom. The van der Waals surface area contributed by atoms with E-state index in [2.05, 4.69) is 21.2 Å². The minimum atomic E-state index is -0.472. The van der Waals surface area contributed by atoms with Crippen LogP contribution in [0.3, 0.4) is 0 Å². The second kappa shape index (κ2) is 4.18. The second-order valence-corrected chi connectivity index (χ2v) is 5.40. The Morgan fingerprint density at radius 2 is 2.19 bits per heavy atom. The Balaban J connectivity index is 2.31. The molecule has 2 rings (SSSR count). The molecule has 1 N–H and O–H groups in total. The maximum atomic E-state index is 12.2. The monoisotopic (exact) mass is 282 g/mol. The molecule has 0 aromatic heterocycles. The molecule has 1 saturated heterocycles. The van der Waals surface area contributed by atoms with E-state index in [1.165, 1.54) is 0 Å². The van der Waals surface area contributed by atoms with Crippen LogP contribution in [0.5, 0.6) is 0 Å². The zero-order valence-corrected chi connectivity index (χ0v) is 11.0. The van der Waals surface area contributed by atoms with E-state index in [9.17, 15) is 4.79 Å². The molecule has 0 aliphatic carbocycles. The molecule has 0 radical (unpaired) electrons. The summed E-state index contributed by atoms with van der Waals surface area (Å²) >= 11 is 3.42. The number of nitrogens with one attached hydrogen (secondary N) is 1. The second-order valence-electron chi connectivity index (χ2n) is 4.49. The van der Waals surface area contributed by atoms with Gasteiger partial charge >= 0.3 is 0 Å². The van der Waals surface area contributed by atoms with E-state index < -0.39 is 5.54 Å². The highest BCUT2D eigenvalue weighted by atomic mass is 79.9. The van der Waals surface area contributed by atoms with Crippen LogP contribution in [0.4, 0.5) is 5.69 Å². The van der Waals surface area contributed by atoms with Crippen molar-refractivity contribution in [2.75, 3.05) is 18.0 Å². The molecular weight excluding hydrogens is 268 g/mol. The number of carbonyl (C=O) groups is 1. The zero-order valence-electron chi connectivity index (χ0n) is 9.46. The van der Waals surface area contributed by atoms with Crippen molar-refractivity contribution in [2.45, 2.75) is 19.4 Å². The topological polar surface area (TPSA) is 32.3 Å². The molecule has 16 heavy (non-hydrogen) atoms. The Morgan fingerprint density at radius 3 is 2.88 bits per heavy atom. The fraction of sp³-hybridized carbons (Fsp3) is 0.417. The fourth-order valence-corrected chi connectivity index (χ4v) is 2.27. The van der Waals surface area contributed by atoms with Crippen molar-refractivity contribution in [2.24, 2.45) is 0 Å². The normalized spacial score (nSPS) is 19.9. The number of rotatable bonds is 1. The number of hydrogen-bond donors (Lipinski definition) is 1. The van der Waals surface area contributed by atoms with Crippen LogP contribution in [-0.2, 0) is 4.79 Å². The number of benzene rings is 1. The summed E-state index contributed by atoms with van der Waals surface area (Å²) in [4.78, 5) is 14.0. The largest absolute Gasteiger partial charge is 0.310 e. The van der Waals surface area contributed by atoms with Gasteiger partial charge in [0, 0.05) is 23.2 Å². The molecule has 0 bridgehead atoms. The molecule has 1 amide bonds. The van der Waals surface area contributed by atoms with Gasteiger partial charge in [0.05, 0.1) is 5.54 Å². The van der Waals surface area contributed by atoms with Gasteiger partial charge in [-0.3, -0.25) is 4.79 Å². The summed E-state index contributed by atoms with van der Waals surface area (Å²) in [6.07, 6.45) is 0. The van der Waals surface area contributed by atoms with Gasteiger partial charge in [0.2, 0.25) is 5.91 Å². The van der Waals surface area contributed by atoms with Crippen molar-refractivity contribution in [3.63, 3.8) is 0 Å². The maximum Gasteiger partial charge on any atom is 0.246 e. The maximum absolute atomic E-state index is 12.2. The standard InChI is InChI=1S/C12H15BrN2O/c1-12(2)11(16)15(7-6-14-12)10-5-3-4-9(13)8-10/h3-5,8,14H,6-7H2,1-2H3. The lowest BCUT2D eigenvalue weighted by atomic mass is 10.0. The Bertz CT molecular complexity index is 417. The highest BCUT2D eigenvalue weighted by Crippen LogP contribution is 2.24. The van der Waals surface area contributed by atoms with Gasteiger partial charge in [-0.1, -0.05) is 22.0 Å². The molecule has 0 atom stereocenters. The summed E-state index contributed by atoms with van der Waals surface area (Å²) in [5.74, 6) is 0.122. The molecule has 1 aromatic rings. The van der Waals surface area contributed by atoms with Crippen LogP contribution < -0.4 is 10.2 Å². The third-order valence-corrected chi connectivity index (χ3v) is 3.30. The molecule has 0 spiro atoms. The lowest BCUT2D eigenvalue weighted by Gasteiger charge is -2.38. The number of piperazine rings is 1. The van der Waals surface area contributed by atoms with Crippen molar-refractivity contribution in [1.82, 2.24) is 5.32 Å². The number of hydrogen-bond acceptors (Lipinski definition) is 2. The molecular formula is C12H15BrN2O. The average molecular weight is 283 g/mol. The fourth-order valence-electron chi connectivity index (χ4n) is 1.89. The van der Waals surface area contributed by atoms with E-state index in [1.807, 2.05) is 43.0 Å². The van der Waals surface area contributed by atoms with Gasteiger partial charge in [-0.15, -0.1) is 0 Å². The first-order valence-corrected chi connectivity index (χ1v) is 6.12. The summed E-state index contributed by atoms with van der Waals surface area (Å²) in [5, 5.41) is 3.22. The van der Waals surface area contributed by atoms with Crippen LogP contribution in [0.15, 0.2) is 28.7 Å². The molecule has 86 valence electrons. The Labute approximate surface area is 104 Å². The highest BCUT2D eigenvalue weighted by molar-refractivity contribution is 9.10. The van der Waals surface area contributed by atoms with Gasteiger partial charge in [0.1, 0.15) is 0 Å². The molecule has 0 saturated carbocycles. The number of halogens is 1. The van der Waals surface area contributed by atoms with Crippen molar-refractivity contribution in [1.29, 1.82) is 0 Å². The smallest absolute Gasteiger partial charge is 0.246 e. The first-order valence-electron chi connectivity index (χ1n) is 5.33. The number of anilines is 1. The molecule has 1 aliphatic heterocycles. The summed E-state index contributed by atoms with van der Waals surface area (Å²) in [5.41, 5.74) is 0.481. The van der Waals surface area contributed by atoms with Crippen LogP contribution in [-0.4, -0.2) is 24.5 Å². The quantitative estimate of drug-likeness (QED) is 0.856. The molecule has 1 aliphatic rings. The molecule has 3 nitrogen and oxygen atoms in total. The van der Waals surface area contributed by atoms with Gasteiger partial charge in [-0.05, 0) is 32.0 Å². The average Bonchev–Trinajstić information content (AvgIpc) is 2.22. The first-order chi connectivity index (χ1) is 7.50. The van der Waals surface area contributed by atoms with E-state index in [0.717, 1.165) is 23.2 Å². The van der Waals surface area contributed by atoms with E-state index in [4.69, 9.17) is 0 Å². The lowest BCUT2D eigenvalue weighted by Crippen LogP contribution is -2.61. The van der Waals surface area contributed by atoms with Crippen molar-refractivity contribution >= 4 is 27.5 Å². The van der Waals surface area contributed by atoms with Crippen molar-refractivity contribution < 1.29 is 4.79 Å². The van der Waals surface area contributed by atoms with E-state index in [1.54, 1.807) is 0 Å². The Hall–Kier alpha value is -0.870. The van der Waals surface area contributed by atoms with Crippen LogP contribution >= 0.6 is 15.9 Å². The summed E-state index contributed by atoms with van der Waals surface area (Å²) in [6.45, 7) is 5.38. The summed E-state index contributed by atoms with van der Waals surface area (Å²) < 4.78 is 0.995. The number of carbonyl (C=O) groups excluding carboxylic acids is 1. The van der Waals surface area contributed by atoms with Crippen LogP contribution in [0.25, 0.3) is 0 Å².